The number of aliphatic hydroxyl groups excluding tert-OH is 2. The van der Waals surface area contributed by atoms with E-state index in [1.807, 2.05) is 88.1 Å². The number of para-hydroxylation sites is 1. The molecular weight excluding hydrogens is 690 g/mol. The minimum Gasteiger partial charge on any atom is -0.459 e. The number of carbonyl (C=O) groups is 2. The summed E-state index contributed by atoms with van der Waals surface area (Å²) in [5.74, 6) is -3.47. The number of cyclic esters (lactones) is 1. The van der Waals surface area contributed by atoms with Crippen molar-refractivity contribution in [2.75, 3.05) is 34.3 Å². The number of fused-ring (bicyclic) bond motifs is 1. The standard InChI is InChI=1S/C42H65N3O9/c1-12-34-42(8,50)37(48)29(6)45(11)24-25(2)22-41(7,51-19-15-16-30-21-31-17-13-14-18-32(31)43-23-30)38(27(4)35(46)28(5)39(49)53-34)54-40-36(47)33(44(9)10)20-26(3)52-40/h13-18,21,23,25-29,33-34,36-38,40,47-48,50H,12,19-20,22,24H2,1-11H3/b16-15+/t25-,26-,27+,28-,29-,33+,34-,36-,37-,38-,40+,41+,42-/m1/s1. The van der Waals surface area contributed by atoms with Crippen LogP contribution in [0.1, 0.15) is 80.2 Å². The number of aromatic nitrogens is 1. The SMILES string of the molecule is CC[C@H]1OC(=O)[C@H](C)C(=O)[C@H](C)[C@@H](O[C@@H]2O[C@H](C)C[C@H](N(C)C)[C@H]2O)[C@@](C)(OC/C=C/c2cnc3ccccc3c2)C[C@@H](C)CN(C)[C@H](C)[C@@H](O)[C@]1(C)O. The third-order valence-corrected chi connectivity index (χ3v) is 11.7. The molecule has 12 heteroatoms. The summed E-state index contributed by atoms with van der Waals surface area (Å²) in [6.45, 7) is 14.8. The number of aliphatic hydroxyl groups is 3. The molecule has 0 unspecified atom stereocenters. The molecule has 1 aromatic carbocycles. The fourth-order valence-electron chi connectivity index (χ4n) is 8.30. The first-order chi connectivity index (χ1) is 25.3. The molecule has 0 spiro atoms. The molecule has 2 aromatic rings. The van der Waals surface area contributed by atoms with Gasteiger partial charge in [-0.15, -0.1) is 0 Å². The molecule has 1 aromatic heterocycles. The summed E-state index contributed by atoms with van der Waals surface area (Å²) in [7, 11) is 5.67. The highest BCUT2D eigenvalue weighted by molar-refractivity contribution is 6.00. The molecule has 2 aliphatic heterocycles. The van der Waals surface area contributed by atoms with Gasteiger partial charge in [-0.05, 0) is 98.6 Å². The highest BCUT2D eigenvalue weighted by Crippen LogP contribution is 2.37. The zero-order valence-electron chi connectivity index (χ0n) is 34.1. The summed E-state index contributed by atoms with van der Waals surface area (Å²) in [5, 5.41) is 35.6. The molecular formula is C42H65N3O9. The van der Waals surface area contributed by atoms with Crippen LogP contribution >= 0.6 is 0 Å². The Morgan fingerprint density at radius 3 is 2.44 bits per heavy atom. The molecule has 2 aliphatic rings. The number of esters is 1. The van der Waals surface area contributed by atoms with Crippen LogP contribution in [0.25, 0.3) is 17.0 Å². The third-order valence-electron chi connectivity index (χ3n) is 11.7. The topological polar surface area (TPSA) is 151 Å². The van der Waals surface area contributed by atoms with Crippen LogP contribution in [0.15, 0.2) is 42.6 Å². The Labute approximate surface area is 321 Å². The largest absolute Gasteiger partial charge is 0.459 e. The lowest BCUT2D eigenvalue weighted by Gasteiger charge is -2.47. The molecule has 2 saturated heterocycles. The second-order valence-electron chi connectivity index (χ2n) is 16.5. The van der Waals surface area contributed by atoms with Gasteiger partial charge >= 0.3 is 5.97 Å². The van der Waals surface area contributed by atoms with Crippen LogP contribution in [0, 0.1) is 17.8 Å². The van der Waals surface area contributed by atoms with E-state index in [0.29, 0.717) is 19.4 Å². The Balaban J connectivity index is 1.76. The number of hydrogen-bond donors (Lipinski definition) is 3. The molecule has 0 bridgehead atoms. The van der Waals surface area contributed by atoms with E-state index in [2.05, 4.69) is 18.0 Å². The van der Waals surface area contributed by atoms with Gasteiger partial charge in [-0.25, -0.2) is 0 Å². The smallest absolute Gasteiger partial charge is 0.316 e. The molecule has 0 amide bonds. The predicted molar refractivity (Wildman–Crippen MR) is 208 cm³/mol. The average Bonchev–Trinajstić information content (AvgIpc) is 3.13. The summed E-state index contributed by atoms with van der Waals surface area (Å²) in [4.78, 5) is 36.5. The van der Waals surface area contributed by atoms with Crippen molar-refractivity contribution in [2.24, 2.45) is 17.8 Å². The average molecular weight is 756 g/mol. The number of likely N-dealkylation sites (N-methyl/N-ethyl adjacent to an activating group) is 2. The zero-order valence-corrected chi connectivity index (χ0v) is 34.1. The van der Waals surface area contributed by atoms with Crippen molar-refractivity contribution in [3.05, 3.63) is 48.2 Å². The molecule has 4 rings (SSSR count). The van der Waals surface area contributed by atoms with Crippen LogP contribution < -0.4 is 0 Å². The Morgan fingerprint density at radius 1 is 1.09 bits per heavy atom. The Morgan fingerprint density at radius 2 is 1.78 bits per heavy atom. The summed E-state index contributed by atoms with van der Waals surface area (Å²) in [6.07, 6.45) is 1.19. The lowest BCUT2D eigenvalue weighted by Crippen LogP contribution is -2.59. The number of carbonyl (C=O) groups excluding carboxylic acids is 2. The third kappa shape index (κ3) is 10.1. The monoisotopic (exact) mass is 755 g/mol. The summed E-state index contributed by atoms with van der Waals surface area (Å²) < 4.78 is 25.6. The van der Waals surface area contributed by atoms with Crippen molar-refractivity contribution < 1.29 is 43.9 Å². The van der Waals surface area contributed by atoms with Gasteiger partial charge < -0.3 is 44.1 Å². The van der Waals surface area contributed by atoms with Crippen molar-refractivity contribution in [3.63, 3.8) is 0 Å². The van der Waals surface area contributed by atoms with Gasteiger partial charge in [-0.1, -0.05) is 51.1 Å². The number of rotatable bonds is 8. The van der Waals surface area contributed by atoms with E-state index in [9.17, 15) is 24.9 Å². The molecule has 13 atom stereocenters. The van der Waals surface area contributed by atoms with E-state index in [0.717, 1.165) is 16.5 Å². The number of benzene rings is 1. The molecule has 3 heterocycles. The van der Waals surface area contributed by atoms with Gasteiger partial charge in [-0.3, -0.25) is 14.6 Å². The first kappa shape index (κ1) is 43.9. The maximum atomic E-state index is 14.4. The minimum absolute atomic E-state index is 0.0743. The van der Waals surface area contributed by atoms with E-state index < -0.39 is 71.5 Å². The van der Waals surface area contributed by atoms with E-state index in [1.54, 1.807) is 20.0 Å². The number of Topliss-reactive ketones (excluding diaryl/α,β-unsaturated/α-hetero) is 1. The molecule has 302 valence electrons. The first-order valence-electron chi connectivity index (χ1n) is 19.5. The predicted octanol–water partition coefficient (Wildman–Crippen LogP) is 4.47. The number of hydrogen-bond acceptors (Lipinski definition) is 12. The quantitative estimate of drug-likeness (QED) is 0.258. The zero-order chi connectivity index (χ0) is 40.1. The number of pyridine rings is 1. The lowest BCUT2D eigenvalue weighted by atomic mass is 9.78. The van der Waals surface area contributed by atoms with Gasteiger partial charge in [0.25, 0.3) is 0 Å². The van der Waals surface area contributed by atoms with Crippen LogP contribution in [-0.4, -0.2) is 136 Å². The fourth-order valence-corrected chi connectivity index (χ4v) is 8.30. The van der Waals surface area contributed by atoms with Gasteiger partial charge in [0.05, 0.1) is 29.9 Å². The van der Waals surface area contributed by atoms with Gasteiger partial charge in [0.2, 0.25) is 0 Å². The molecule has 0 radical (unpaired) electrons. The minimum atomic E-state index is -1.79. The summed E-state index contributed by atoms with van der Waals surface area (Å²) in [6, 6.07) is 9.17. The molecule has 2 fully saturated rings. The van der Waals surface area contributed by atoms with Crippen LogP contribution in [-0.2, 0) is 28.5 Å². The van der Waals surface area contributed by atoms with E-state index in [1.165, 1.54) is 13.8 Å². The van der Waals surface area contributed by atoms with Gasteiger partial charge in [0, 0.05) is 36.1 Å². The molecule has 0 saturated carbocycles. The maximum Gasteiger partial charge on any atom is 0.316 e. The van der Waals surface area contributed by atoms with Crippen molar-refractivity contribution in [1.29, 1.82) is 0 Å². The number of ketones is 1. The molecule has 12 nitrogen and oxygen atoms in total. The second kappa shape index (κ2) is 18.4. The van der Waals surface area contributed by atoms with Gasteiger partial charge in [0.1, 0.15) is 29.8 Å². The van der Waals surface area contributed by atoms with E-state index >= 15 is 0 Å². The molecule has 0 aliphatic carbocycles. The molecule has 3 N–H and O–H groups in total. The Hall–Kier alpha value is -2.81. The summed E-state index contributed by atoms with van der Waals surface area (Å²) in [5.41, 5.74) is -1.14. The van der Waals surface area contributed by atoms with Crippen LogP contribution in [0.2, 0.25) is 0 Å². The van der Waals surface area contributed by atoms with E-state index in [4.69, 9.17) is 18.9 Å². The van der Waals surface area contributed by atoms with Gasteiger partial charge in [0.15, 0.2) is 12.1 Å². The van der Waals surface area contributed by atoms with Crippen molar-refractivity contribution in [1.82, 2.24) is 14.8 Å². The maximum absolute atomic E-state index is 14.4. The van der Waals surface area contributed by atoms with Crippen LogP contribution in [0.4, 0.5) is 0 Å². The summed E-state index contributed by atoms with van der Waals surface area (Å²) >= 11 is 0. The van der Waals surface area contributed by atoms with E-state index in [-0.39, 0.29) is 31.1 Å². The highest BCUT2D eigenvalue weighted by atomic mass is 16.7. The molecule has 54 heavy (non-hydrogen) atoms. The van der Waals surface area contributed by atoms with Crippen LogP contribution in [0.5, 0.6) is 0 Å². The lowest BCUT2D eigenvalue weighted by molar-refractivity contribution is -0.297. The second-order valence-corrected chi connectivity index (χ2v) is 16.5. The normalized spacial score (nSPS) is 38.4. The van der Waals surface area contributed by atoms with Crippen molar-refractivity contribution in [3.8, 4) is 0 Å². The van der Waals surface area contributed by atoms with Crippen molar-refractivity contribution in [2.45, 2.75) is 135 Å². The highest BCUT2D eigenvalue weighted by Gasteiger charge is 2.50. The number of ether oxygens (including phenoxy) is 4. The first-order valence-corrected chi connectivity index (χ1v) is 19.5. The van der Waals surface area contributed by atoms with Crippen LogP contribution in [0.3, 0.4) is 0 Å². The Bertz CT molecular complexity index is 1590. The van der Waals surface area contributed by atoms with Crippen molar-refractivity contribution >= 4 is 28.7 Å². The van der Waals surface area contributed by atoms with Gasteiger partial charge in [-0.2, -0.15) is 0 Å². The fraction of sp³-hybridized carbons (Fsp3) is 0.690. The Kier molecular flexibility index (Phi) is 15.0. The number of nitrogens with zero attached hydrogens (tertiary/aromatic N) is 3.